The number of rotatable bonds is 3. The molecule has 1 aromatic rings. The quantitative estimate of drug-likeness (QED) is 0.770. The zero-order chi connectivity index (χ0) is 11.8. The van der Waals surface area contributed by atoms with E-state index in [0.717, 1.165) is 32.4 Å². The number of aliphatic hydroxyl groups is 1. The summed E-state index contributed by atoms with van der Waals surface area (Å²) in [6.07, 6.45) is 5.63. The normalized spacial score (nSPS) is 21.2. The Morgan fingerprint density at radius 1 is 1.44 bits per heavy atom. The summed E-state index contributed by atoms with van der Waals surface area (Å²) >= 11 is 8.62. The molecule has 4 heteroatoms. The lowest BCUT2D eigenvalue weighted by Gasteiger charge is -2.32. The summed E-state index contributed by atoms with van der Waals surface area (Å²) in [5.74, 6) is 0. The Hall–Kier alpha value is 0.620. The largest absolute Gasteiger partial charge is 0.387 e. The van der Waals surface area contributed by atoms with Crippen LogP contribution in [0.2, 0.25) is 0 Å². The summed E-state index contributed by atoms with van der Waals surface area (Å²) in [5.41, 5.74) is 0.129. The van der Waals surface area contributed by atoms with E-state index in [2.05, 4.69) is 44.8 Å². The zero-order valence-electron chi connectivity index (χ0n) is 9.30. The highest BCUT2D eigenvalue weighted by Gasteiger charge is 2.40. The van der Waals surface area contributed by atoms with Crippen molar-refractivity contribution in [1.82, 2.24) is 0 Å². The summed E-state index contributed by atoms with van der Waals surface area (Å²) in [4.78, 5) is 1.09. The van der Waals surface area contributed by atoms with Crippen molar-refractivity contribution >= 4 is 43.2 Å². The average Bonchev–Trinajstić information content (AvgIpc) is 2.87. The van der Waals surface area contributed by atoms with Crippen molar-refractivity contribution in [2.24, 2.45) is 5.41 Å². The van der Waals surface area contributed by atoms with Crippen molar-refractivity contribution in [2.75, 3.05) is 0 Å². The second-order valence-electron chi connectivity index (χ2n) is 4.60. The molecule has 0 aliphatic heterocycles. The second-order valence-corrected chi connectivity index (χ2v) is 7.85. The second kappa shape index (κ2) is 5.09. The third kappa shape index (κ3) is 2.26. The van der Waals surface area contributed by atoms with Crippen LogP contribution in [0.4, 0.5) is 0 Å². The molecule has 0 aromatic carbocycles. The Kier molecular flexibility index (Phi) is 4.15. The highest BCUT2D eigenvalue weighted by molar-refractivity contribution is 9.13. The molecule has 1 fully saturated rings. The SMILES string of the molecule is CCC1(C(O)c2cc(Br)c(Br)s2)CCCC1. The van der Waals surface area contributed by atoms with Crippen LogP contribution in [0.15, 0.2) is 14.3 Å². The molecule has 2 rings (SSSR count). The molecule has 1 atom stereocenters. The molecule has 0 radical (unpaired) electrons. The van der Waals surface area contributed by atoms with Gasteiger partial charge in [-0.25, -0.2) is 0 Å². The molecule has 1 aliphatic rings. The molecule has 1 N–H and O–H groups in total. The Morgan fingerprint density at radius 3 is 2.50 bits per heavy atom. The molecule has 16 heavy (non-hydrogen) atoms. The van der Waals surface area contributed by atoms with E-state index in [1.807, 2.05) is 0 Å². The maximum absolute atomic E-state index is 10.6. The van der Waals surface area contributed by atoms with Gasteiger partial charge in [0.1, 0.15) is 0 Å². The van der Waals surface area contributed by atoms with E-state index in [1.54, 1.807) is 11.3 Å². The predicted molar refractivity (Wildman–Crippen MR) is 75.9 cm³/mol. The summed E-state index contributed by atoms with van der Waals surface area (Å²) in [5, 5.41) is 10.6. The molecule has 90 valence electrons. The predicted octanol–water partition coefficient (Wildman–Crippen LogP) is 5.28. The number of thiophene rings is 1. The molecule has 0 amide bonds. The summed E-state index contributed by atoms with van der Waals surface area (Å²) in [6, 6.07) is 2.05. The molecular formula is C12H16Br2OS. The third-order valence-corrected chi connectivity index (χ3v) is 7.13. The highest BCUT2D eigenvalue weighted by atomic mass is 79.9. The van der Waals surface area contributed by atoms with E-state index < -0.39 is 0 Å². The standard InChI is InChI=1S/C12H16Br2OS/c1-2-12(5-3-4-6-12)10(15)9-7-8(13)11(14)16-9/h7,10,15H,2-6H2,1H3. The van der Waals surface area contributed by atoms with Gasteiger partial charge in [-0.1, -0.05) is 19.8 Å². The lowest BCUT2D eigenvalue weighted by molar-refractivity contribution is 0.0265. The van der Waals surface area contributed by atoms with Crippen LogP contribution in [0.5, 0.6) is 0 Å². The van der Waals surface area contributed by atoms with Crippen molar-refractivity contribution in [1.29, 1.82) is 0 Å². The van der Waals surface area contributed by atoms with Gasteiger partial charge in [-0.2, -0.15) is 0 Å². The molecule has 0 bridgehead atoms. The van der Waals surface area contributed by atoms with Crippen LogP contribution in [0, 0.1) is 5.41 Å². The van der Waals surface area contributed by atoms with E-state index in [-0.39, 0.29) is 11.5 Å². The molecule has 0 spiro atoms. The van der Waals surface area contributed by atoms with Crippen molar-refractivity contribution in [3.8, 4) is 0 Å². The van der Waals surface area contributed by atoms with E-state index in [0.29, 0.717) is 0 Å². The van der Waals surface area contributed by atoms with Gasteiger partial charge in [0.15, 0.2) is 0 Å². The minimum atomic E-state index is -0.299. The molecule has 1 unspecified atom stereocenters. The van der Waals surface area contributed by atoms with Crippen LogP contribution in [0.3, 0.4) is 0 Å². The minimum Gasteiger partial charge on any atom is -0.387 e. The lowest BCUT2D eigenvalue weighted by atomic mass is 9.77. The Labute approximate surface area is 118 Å². The molecule has 1 aliphatic carbocycles. The topological polar surface area (TPSA) is 20.2 Å². The third-order valence-electron chi connectivity index (χ3n) is 3.82. The molecule has 1 saturated carbocycles. The molecule has 1 nitrogen and oxygen atoms in total. The Morgan fingerprint density at radius 2 is 2.06 bits per heavy atom. The Bertz CT molecular complexity index is 350. The van der Waals surface area contributed by atoms with Crippen LogP contribution in [-0.4, -0.2) is 5.11 Å². The summed E-state index contributed by atoms with van der Waals surface area (Å²) in [6.45, 7) is 2.20. The number of halogens is 2. The van der Waals surface area contributed by atoms with Gasteiger partial charge in [0.05, 0.1) is 9.89 Å². The fraction of sp³-hybridized carbons (Fsp3) is 0.667. The van der Waals surface area contributed by atoms with Gasteiger partial charge < -0.3 is 5.11 Å². The first-order valence-electron chi connectivity index (χ1n) is 5.72. The number of hydrogen-bond acceptors (Lipinski definition) is 2. The van der Waals surface area contributed by atoms with Gasteiger partial charge in [-0.3, -0.25) is 0 Å². The van der Waals surface area contributed by atoms with E-state index in [9.17, 15) is 5.11 Å². The average molecular weight is 368 g/mol. The van der Waals surface area contributed by atoms with Gasteiger partial charge in [0, 0.05) is 14.8 Å². The maximum Gasteiger partial charge on any atom is 0.0938 e. The van der Waals surface area contributed by atoms with Crippen LogP contribution in [0.1, 0.15) is 50.0 Å². The van der Waals surface area contributed by atoms with Gasteiger partial charge in [0.25, 0.3) is 0 Å². The van der Waals surface area contributed by atoms with Gasteiger partial charge >= 0.3 is 0 Å². The van der Waals surface area contributed by atoms with Crippen LogP contribution in [-0.2, 0) is 0 Å². The zero-order valence-corrected chi connectivity index (χ0v) is 13.3. The summed E-state index contributed by atoms with van der Waals surface area (Å²) in [7, 11) is 0. The number of hydrogen-bond donors (Lipinski definition) is 1. The smallest absolute Gasteiger partial charge is 0.0938 e. The van der Waals surface area contributed by atoms with E-state index in [1.165, 1.54) is 12.8 Å². The van der Waals surface area contributed by atoms with Crippen molar-refractivity contribution in [3.05, 3.63) is 19.2 Å². The molecule has 1 heterocycles. The van der Waals surface area contributed by atoms with Crippen LogP contribution >= 0.6 is 43.2 Å². The van der Waals surface area contributed by atoms with Gasteiger partial charge in [-0.15, -0.1) is 11.3 Å². The lowest BCUT2D eigenvalue weighted by Crippen LogP contribution is -2.24. The van der Waals surface area contributed by atoms with Gasteiger partial charge in [-0.05, 0) is 57.2 Å². The fourth-order valence-corrected chi connectivity index (χ4v) is 4.92. The highest BCUT2D eigenvalue weighted by Crippen LogP contribution is 2.52. The molecule has 0 saturated heterocycles. The minimum absolute atomic E-state index is 0.129. The van der Waals surface area contributed by atoms with Crippen molar-refractivity contribution < 1.29 is 5.11 Å². The van der Waals surface area contributed by atoms with Crippen molar-refractivity contribution in [2.45, 2.75) is 45.1 Å². The Balaban J connectivity index is 2.26. The number of aliphatic hydroxyl groups excluding tert-OH is 1. The molecular weight excluding hydrogens is 352 g/mol. The monoisotopic (exact) mass is 366 g/mol. The van der Waals surface area contributed by atoms with Crippen LogP contribution in [0.25, 0.3) is 0 Å². The van der Waals surface area contributed by atoms with E-state index >= 15 is 0 Å². The summed E-state index contributed by atoms with van der Waals surface area (Å²) < 4.78 is 2.13. The first kappa shape index (κ1) is 13.1. The fourth-order valence-electron chi connectivity index (χ4n) is 2.70. The maximum atomic E-state index is 10.6. The molecule has 1 aromatic heterocycles. The van der Waals surface area contributed by atoms with E-state index in [4.69, 9.17) is 0 Å². The first-order valence-corrected chi connectivity index (χ1v) is 8.12. The van der Waals surface area contributed by atoms with Gasteiger partial charge in [0.2, 0.25) is 0 Å². The van der Waals surface area contributed by atoms with Crippen molar-refractivity contribution in [3.63, 3.8) is 0 Å². The van der Waals surface area contributed by atoms with Crippen LogP contribution < -0.4 is 0 Å². The first-order chi connectivity index (χ1) is 7.59.